The Kier molecular flexibility index (Phi) is 3.12. The van der Waals surface area contributed by atoms with Crippen molar-refractivity contribution in [1.29, 1.82) is 0 Å². The van der Waals surface area contributed by atoms with Crippen molar-refractivity contribution >= 4 is 37.6 Å². The summed E-state index contributed by atoms with van der Waals surface area (Å²) in [6, 6.07) is 0. The maximum absolute atomic E-state index is 11.7. The van der Waals surface area contributed by atoms with E-state index in [4.69, 9.17) is 14.2 Å². The Morgan fingerprint density at radius 2 is 1.75 bits per heavy atom. The summed E-state index contributed by atoms with van der Waals surface area (Å²) in [7, 11) is 3.03. The van der Waals surface area contributed by atoms with Gasteiger partial charge in [0.25, 0.3) is 0 Å². The molecular weight excluding hydrogens is 344 g/mol. The molecule has 0 aliphatic carbocycles. The predicted molar refractivity (Wildman–Crippen MR) is 64.8 cm³/mol. The van der Waals surface area contributed by atoms with Crippen molar-refractivity contribution in [3.8, 4) is 17.2 Å². The quantitative estimate of drug-likeness (QED) is 0.821. The zero-order valence-corrected chi connectivity index (χ0v) is 11.8. The molecule has 1 aliphatic heterocycles. The largest absolute Gasteiger partial charge is 0.495 e. The molecule has 0 saturated heterocycles. The average molecular weight is 352 g/mol. The normalized spacial score (nSPS) is 13.4. The van der Waals surface area contributed by atoms with Crippen molar-refractivity contribution < 1.29 is 19.0 Å². The first-order valence-electron chi connectivity index (χ1n) is 4.40. The third-order valence-electron chi connectivity index (χ3n) is 2.29. The molecule has 0 fully saturated rings. The van der Waals surface area contributed by atoms with Crippen molar-refractivity contribution in [1.82, 2.24) is 0 Å². The van der Waals surface area contributed by atoms with Gasteiger partial charge in [-0.05, 0) is 31.9 Å². The molecular formula is C10H8Br2O4. The van der Waals surface area contributed by atoms with Gasteiger partial charge < -0.3 is 14.2 Å². The molecule has 1 aliphatic rings. The lowest BCUT2D eigenvalue weighted by molar-refractivity contribution is 0.0959. The Labute approximate surface area is 109 Å². The Balaban J connectivity index is 2.80. The van der Waals surface area contributed by atoms with Gasteiger partial charge in [0, 0.05) is 0 Å². The standard InChI is InChI=1S/C10H8Br2O4/c1-14-8-5-4(13)3-16-9(5)7(12)10(15-2)6(8)11/h3H2,1-2H3. The number of hydrogen-bond acceptors (Lipinski definition) is 4. The zero-order chi connectivity index (χ0) is 11.9. The lowest BCUT2D eigenvalue weighted by atomic mass is 10.1. The summed E-state index contributed by atoms with van der Waals surface area (Å²) in [5.41, 5.74) is 0.446. The highest BCUT2D eigenvalue weighted by molar-refractivity contribution is 9.11. The number of ketones is 1. The number of Topliss-reactive ketones (excluding diaryl/α,β-unsaturated/α-hetero) is 1. The molecule has 0 saturated carbocycles. The Bertz CT molecular complexity index is 471. The van der Waals surface area contributed by atoms with E-state index in [9.17, 15) is 4.79 Å². The van der Waals surface area contributed by atoms with Gasteiger partial charge in [0.1, 0.15) is 14.5 Å². The monoisotopic (exact) mass is 350 g/mol. The van der Waals surface area contributed by atoms with Crippen LogP contribution in [0.5, 0.6) is 17.2 Å². The first-order valence-corrected chi connectivity index (χ1v) is 5.99. The van der Waals surface area contributed by atoms with Crippen LogP contribution >= 0.6 is 31.9 Å². The van der Waals surface area contributed by atoms with E-state index in [1.807, 2.05) is 0 Å². The first-order chi connectivity index (χ1) is 7.61. The van der Waals surface area contributed by atoms with E-state index in [1.54, 1.807) is 0 Å². The van der Waals surface area contributed by atoms with Gasteiger partial charge in [-0.3, -0.25) is 4.79 Å². The zero-order valence-electron chi connectivity index (χ0n) is 8.60. The summed E-state index contributed by atoms with van der Waals surface area (Å²) >= 11 is 6.69. The van der Waals surface area contributed by atoms with Gasteiger partial charge in [-0.15, -0.1) is 0 Å². The van der Waals surface area contributed by atoms with Crippen LogP contribution in [0.4, 0.5) is 0 Å². The fraction of sp³-hybridized carbons (Fsp3) is 0.300. The molecule has 86 valence electrons. The molecule has 0 spiro atoms. The minimum Gasteiger partial charge on any atom is -0.495 e. The summed E-state index contributed by atoms with van der Waals surface area (Å²) in [5, 5.41) is 0. The molecule has 0 radical (unpaired) electrons. The third-order valence-corrected chi connectivity index (χ3v) is 3.73. The van der Waals surface area contributed by atoms with Crippen LogP contribution in [0.25, 0.3) is 0 Å². The predicted octanol–water partition coefficient (Wildman–Crippen LogP) is 2.80. The molecule has 4 nitrogen and oxygen atoms in total. The fourth-order valence-electron chi connectivity index (χ4n) is 1.59. The third kappa shape index (κ3) is 1.51. The van der Waals surface area contributed by atoms with Crippen LogP contribution in [0, 0.1) is 0 Å². The Morgan fingerprint density at radius 3 is 2.31 bits per heavy atom. The van der Waals surface area contributed by atoms with E-state index < -0.39 is 0 Å². The van der Waals surface area contributed by atoms with Crippen LogP contribution in [-0.2, 0) is 0 Å². The van der Waals surface area contributed by atoms with Crippen LogP contribution in [0.1, 0.15) is 10.4 Å². The lowest BCUT2D eigenvalue weighted by Gasteiger charge is -2.13. The van der Waals surface area contributed by atoms with Crippen LogP contribution in [0.2, 0.25) is 0 Å². The number of benzene rings is 1. The topological polar surface area (TPSA) is 44.8 Å². The van der Waals surface area contributed by atoms with E-state index in [-0.39, 0.29) is 12.4 Å². The van der Waals surface area contributed by atoms with E-state index in [0.29, 0.717) is 31.8 Å². The van der Waals surface area contributed by atoms with Crippen molar-refractivity contribution in [2.45, 2.75) is 0 Å². The van der Waals surface area contributed by atoms with Crippen molar-refractivity contribution in [2.75, 3.05) is 20.8 Å². The van der Waals surface area contributed by atoms with E-state index in [2.05, 4.69) is 31.9 Å². The molecule has 0 amide bonds. The van der Waals surface area contributed by atoms with Gasteiger partial charge in [-0.2, -0.15) is 0 Å². The fourth-order valence-corrected chi connectivity index (χ4v) is 3.25. The van der Waals surface area contributed by atoms with Gasteiger partial charge in [-0.25, -0.2) is 0 Å². The Hall–Kier alpha value is -0.750. The number of carbonyl (C=O) groups is 1. The van der Waals surface area contributed by atoms with Crippen LogP contribution in [0.15, 0.2) is 8.95 Å². The van der Waals surface area contributed by atoms with Crippen molar-refractivity contribution in [3.05, 3.63) is 14.5 Å². The maximum atomic E-state index is 11.7. The minimum absolute atomic E-state index is 0.0316. The van der Waals surface area contributed by atoms with E-state index in [0.717, 1.165) is 0 Å². The number of methoxy groups -OCH3 is 2. The highest BCUT2D eigenvalue weighted by atomic mass is 79.9. The lowest BCUT2D eigenvalue weighted by Crippen LogP contribution is -2.01. The number of halogens is 2. The molecule has 0 unspecified atom stereocenters. The molecule has 16 heavy (non-hydrogen) atoms. The van der Waals surface area contributed by atoms with Crippen LogP contribution in [-0.4, -0.2) is 26.6 Å². The second-order valence-electron chi connectivity index (χ2n) is 3.11. The highest BCUT2D eigenvalue weighted by Crippen LogP contribution is 2.51. The second-order valence-corrected chi connectivity index (χ2v) is 4.70. The van der Waals surface area contributed by atoms with Gasteiger partial charge >= 0.3 is 0 Å². The SMILES string of the molecule is COc1c(Br)c(OC)c2c(c1Br)OCC2=O. The molecule has 1 aromatic carbocycles. The number of carbonyl (C=O) groups excluding carboxylic acids is 1. The number of fused-ring (bicyclic) bond motifs is 1. The molecule has 0 atom stereocenters. The van der Waals surface area contributed by atoms with Crippen LogP contribution < -0.4 is 14.2 Å². The summed E-state index contributed by atoms with van der Waals surface area (Å²) in [5.74, 6) is 1.36. The van der Waals surface area contributed by atoms with Crippen LogP contribution in [0.3, 0.4) is 0 Å². The number of rotatable bonds is 2. The van der Waals surface area contributed by atoms with Gasteiger partial charge in [0.15, 0.2) is 23.9 Å². The Morgan fingerprint density at radius 1 is 1.12 bits per heavy atom. The van der Waals surface area contributed by atoms with Crippen molar-refractivity contribution in [2.24, 2.45) is 0 Å². The van der Waals surface area contributed by atoms with Gasteiger partial charge in [-0.1, -0.05) is 0 Å². The summed E-state index contributed by atoms with van der Waals surface area (Å²) in [6.45, 7) is 0.0316. The van der Waals surface area contributed by atoms with E-state index >= 15 is 0 Å². The average Bonchev–Trinajstić information content (AvgIpc) is 2.63. The molecule has 0 aromatic heterocycles. The minimum atomic E-state index is -0.101. The molecule has 0 N–H and O–H groups in total. The van der Waals surface area contributed by atoms with Gasteiger partial charge in [0.2, 0.25) is 5.78 Å². The van der Waals surface area contributed by atoms with Gasteiger partial charge in [0.05, 0.1) is 14.2 Å². The summed E-state index contributed by atoms with van der Waals surface area (Å²) in [4.78, 5) is 11.7. The molecule has 6 heteroatoms. The molecule has 1 aromatic rings. The van der Waals surface area contributed by atoms with E-state index in [1.165, 1.54) is 14.2 Å². The molecule has 2 rings (SSSR count). The highest BCUT2D eigenvalue weighted by Gasteiger charge is 2.33. The first kappa shape index (κ1) is 11.7. The molecule has 1 heterocycles. The second kappa shape index (κ2) is 4.25. The summed E-state index contributed by atoms with van der Waals surface area (Å²) < 4.78 is 16.9. The maximum Gasteiger partial charge on any atom is 0.207 e. The molecule has 0 bridgehead atoms. The van der Waals surface area contributed by atoms with Crippen molar-refractivity contribution in [3.63, 3.8) is 0 Å². The smallest absolute Gasteiger partial charge is 0.207 e. The number of hydrogen-bond donors (Lipinski definition) is 0. The number of ether oxygens (including phenoxy) is 3. The summed E-state index contributed by atoms with van der Waals surface area (Å²) in [6.07, 6.45) is 0.